The largest absolute Gasteiger partial charge is 0.463 e. The molecule has 168 valence electrons. The molecule has 0 aliphatic carbocycles. The fourth-order valence-corrected chi connectivity index (χ4v) is 5.08. The summed E-state index contributed by atoms with van der Waals surface area (Å²) in [5.74, 6) is 2.65. The first-order chi connectivity index (χ1) is 16.1. The van der Waals surface area contributed by atoms with Crippen LogP contribution in [0, 0.1) is 0 Å². The van der Waals surface area contributed by atoms with Crippen LogP contribution in [0.15, 0.2) is 94.4 Å². The van der Waals surface area contributed by atoms with Crippen molar-refractivity contribution in [3.8, 4) is 23.0 Å². The summed E-state index contributed by atoms with van der Waals surface area (Å²) in [5, 5.41) is 8.50. The SMILES string of the molecule is O=S(=O)(c1ccc(Oc2ccccc2)cc1)N1CCN(c2ccc(-c3ccco3)nn2)CC1. The van der Waals surface area contributed by atoms with Crippen molar-refractivity contribution in [1.82, 2.24) is 14.5 Å². The van der Waals surface area contributed by atoms with Gasteiger partial charge in [0, 0.05) is 26.2 Å². The van der Waals surface area contributed by atoms with Crippen molar-refractivity contribution < 1.29 is 17.6 Å². The second-order valence-corrected chi connectivity index (χ2v) is 9.47. The fraction of sp³-hybridized carbons (Fsp3) is 0.167. The van der Waals surface area contributed by atoms with Crippen LogP contribution in [0.1, 0.15) is 0 Å². The standard InChI is InChI=1S/C24H22N4O4S/c29-33(30,21-10-8-20(9-11-21)32-19-5-2-1-3-6-19)28-16-14-27(15-17-28)24-13-12-22(25-26-24)23-7-4-18-31-23/h1-13,18H,14-17H2. The van der Waals surface area contributed by atoms with Crippen molar-refractivity contribution in [3.05, 3.63) is 85.1 Å². The lowest BCUT2D eigenvalue weighted by atomic mass is 10.3. The molecule has 2 aromatic carbocycles. The van der Waals surface area contributed by atoms with Crippen molar-refractivity contribution in [2.75, 3.05) is 31.1 Å². The van der Waals surface area contributed by atoms with Crippen LogP contribution >= 0.6 is 0 Å². The van der Waals surface area contributed by atoms with E-state index in [-0.39, 0.29) is 4.90 Å². The molecule has 2 aromatic heterocycles. The predicted octanol–water partition coefficient (Wildman–Crippen LogP) is 4.04. The summed E-state index contributed by atoms with van der Waals surface area (Å²) in [6.07, 6.45) is 1.59. The summed E-state index contributed by atoms with van der Waals surface area (Å²) >= 11 is 0. The molecule has 0 amide bonds. The molecule has 8 nitrogen and oxygen atoms in total. The Morgan fingerprint density at radius 2 is 1.48 bits per heavy atom. The van der Waals surface area contributed by atoms with Crippen LogP contribution in [0.5, 0.6) is 11.5 Å². The van der Waals surface area contributed by atoms with Gasteiger partial charge in [-0.15, -0.1) is 10.2 Å². The molecule has 0 atom stereocenters. The van der Waals surface area contributed by atoms with E-state index in [0.29, 0.717) is 55.0 Å². The van der Waals surface area contributed by atoms with Gasteiger partial charge in [-0.25, -0.2) is 8.42 Å². The zero-order valence-corrected chi connectivity index (χ0v) is 18.6. The number of sulfonamides is 1. The molecule has 4 aromatic rings. The Morgan fingerprint density at radius 3 is 2.12 bits per heavy atom. The molecule has 0 saturated carbocycles. The summed E-state index contributed by atoms with van der Waals surface area (Å²) in [7, 11) is -3.59. The first-order valence-electron chi connectivity index (χ1n) is 10.6. The maximum Gasteiger partial charge on any atom is 0.243 e. The fourth-order valence-electron chi connectivity index (χ4n) is 3.66. The summed E-state index contributed by atoms with van der Waals surface area (Å²) < 4.78 is 38.8. The Hall–Kier alpha value is -3.69. The smallest absolute Gasteiger partial charge is 0.243 e. The molecule has 1 aliphatic rings. The van der Waals surface area contributed by atoms with E-state index in [4.69, 9.17) is 9.15 Å². The van der Waals surface area contributed by atoms with Crippen LogP contribution in [0.25, 0.3) is 11.5 Å². The van der Waals surface area contributed by atoms with E-state index in [1.54, 1.807) is 36.6 Å². The van der Waals surface area contributed by atoms with E-state index in [1.165, 1.54) is 4.31 Å². The van der Waals surface area contributed by atoms with Gasteiger partial charge in [-0.3, -0.25) is 0 Å². The minimum absolute atomic E-state index is 0.249. The van der Waals surface area contributed by atoms with Gasteiger partial charge in [0.25, 0.3) is 0 Å². The zero-order chi connectivity index (χ0) is 22.7. The number of aromatic nitrogens is 2. The van der Waals surface area contributed by atoms with Crippen LogP contribution in [-0.4, -0.2) is 49.1 Å². The maximum atomic E-state index is 13.1. The highest BCUT2D eigenvalue weighted by atomic mass is 32.2. The Morgan fingerprint density at radius 1 is 0.758 bits per heavy atom. The third-order valence-corrected chi connectivity index (χ3v) is 7.34. The van der Waals surface area contributed by atoms with E-state index < -0.39 is 10.0 Å². The van der Waals surface area contributed by atoms with Gasteiger partial charge >= 0.3 is 0 Å². The molecule has 0 bridgehead atoms. The molecule has 33 heavy (non-hydrogen) atoms. The number of anilines is 1. The van der Waals surface area contributed by atoms with Crippen LogP contribution in [0.2, 0.25) is 0 Å². The van der Waals surface area contributed by atoms with Gasteiger partial charge in [0.2, 0.25) is 10.0 Å². The van der Waals surface area contributed by atoms with Gasteiger partial charge in [-0.2, -0.15) is 4.31 Å². The molecule has 9 heteroatoms. The summed E-state index contributed by atoms with van der Waals surface area (Å²) in [5.41, 5.74) is 0.657. The molecule has 0 N–H and O–H groups in total. The third-order valence-electron chi connectivity index (χ3n) is 5.43. The number of nitrogens with zero attached hydrogens (tertiary/aromatic N) is 4. The topological polar surface area (TPSA) is 88.8 Å². The average Bonchev–Trinajstić information content (AvgIpc) is 3.40. The normalized spacial score (nSPS) is 14.8. The molecule has 1 saturated heterocycles. The summed E-state index contributed by atoms with van der Waals surface area (Å²) in [6.45, 7) is 1.80. The highest BCUT2D eigenvalue weighted by molar-refractivity contribution is 7.89. The molecule has 5 rings (SSSR count). The number of rotatable bonds is 6. The summed E-state index contributed by atoms with van der Waals surface area (Å²) in [4.78, 5) is 2.28. The van der Waals surface area contributed by atoms with Crippen molar-refractivity contribution >= 4 is 15.8 Å². The van der Waals surface area contributed by atoms with E-state index in [9.17, 15) is 8.42 Å². The zero-order valence-electron chi connectivity index (χ0n) is 17.7. The van der Waals surface area contributed by atoms with Crippen LogP contribution in [-0.2, 0) is 10.0 Å². The predicted molar refractivity (Wildman–Crippen MR) is 124 cm³/mol. The second-order valence-electron chi connectivity index (χ2n) is 7.53. The Balaban J connectivity index is 1.22. The van der Waals surface area contributed by atoms with Gasteiger partial charge < -0.3 is 14.1 Å². The van der Waals surface area contributed by atoms with Gasteiger partial charge in [0.05, 0.1) is 11.2 Å². The molecule has 1 aliphatic heterocycles. The van der Waals surface area contributed by atoms with Gasteiger partial charge in [0.1, 0.15) is 17.2 Å². The average molecular weight is 463 g/mol. The number of hydrogen-bond donors (Lipinski definition) is 0. The Labute approximate surface area is 192 Å². The number of para-hydroxylation sites is 1. The summed E-state index contributed by atoms with van der Waals surface area (Å²) in [6, 6.07) is 23.2. The molecule has 1 fully saturated rings. The molecule has 0 radical (unpaired) electrons. The van der Waals surface area contributed by atoms with E-state index in [1.807, 2.05) is 53.4 Å². The Bertz CT molecular complexity index is 1290. The number of furan rings is 1. The van der Waals surface area contributed by atoms with E-state index in [2.05, 4.69) is 10.2 Å². The van der Waals surface area contributed by atoms with Gasteiger partial charge in [-0.05, 0) is 60.7 Å². The molecule has 0 unspecified atom stereocenters. The van der Waals surface area contributed by atoms with E-state index >= 15 is 0 Å². The monoisotopic (exact) mass is 462 g/mol. The van der Waals surface area contributed by atoms with Crippen molar-refractivity contribution in [1.29, 1.82) is 0 Å². The van der Waals surface area contributed by atoms with Gasteiger partial charge in [-0.1, -0.05) is 18.2 Å². The van der Waals surface area contributed by atoms with Crippen LogP contribution in [0.3, 0.4) is 0 Å². The number of ether oxygens (including phenoxy) is 1. The van der Waals surface area contributed by atoms with Crippen LogP contribution < -0.4 is 9.64 Å². The van der Waals surface area contributed by atoms with Crippen molar-refractivity contribution in [2.24, 2.45) is 0 Å². The second kappa shape index (κ2) is 9.05. The van der Waals surface area contributed by atoms with Crippen molar-refractivity contribution in [2.45, 2.75) is 4.90 Å². The first-order valence-corrected chi connectivity index (χ1v) is 12.0. The van der Waals surface area contributed by atoms with Crippen LogP contribution in [0.4, 0.5) is 5.82 Å². The number of hydrogen-bond acceptors (Lipinski definition) is 7. The minimum Gasteiger partial charge on any atom is -0.463 e. The number of benzene rings is 2. The highest BCUT2D eigenvalue weighted by Crippen LogP contribution is 2.25. The molecular weight excluding hydrogens is 440 g/mol. The molecular formula is C24H22N4O4S. The lowest BCUT2D eigenvalue weighted by Crippen LogP contribution is -2.48. The first kappa shape index (κ1) is 21.2. The van der Waals surface area contributed by atoms with Crippen molar-refractivity contribution in [3.63, 3.8) is 0 Å². The highest BCUT2D eigenvalue weighted by Gasteiger charge is 2.29. The van der Waals surface area contributed by atoms with Gasteiger partial charge in [0.15, 0.2) is 11.6 Å². The maximum absolute atomic E-state index is 13.1. The molecule has 0 spiro atoms. The third kappa shape index (κ3) is 4.59. The number of piperazine rings is 1. The lowest BCUT2D eigenvalue weighted by molar-refractivity contribution is 0.383. The van der Waals surface area contributed by atoms with E-state index in [0.717, 1.165) is 0 Å². The minimum atomic E-state index is -3.59. The molecule has 3 heterocycles. The Kier molecular flexibility index (Phi) is 5.80. The lowest BCUT2D eigenvalue weighted by Gasteiger charge is -2.34. The quantitative estimate of drug-likeness (QED) is 0.427.